The molecule has 0 fully saturated rings. The summed E-state index contributed by atoms with van der Waals surface area (Å²) in [6.07, 6.45) is 22.2. The molecule has 3 nitrogen and oxygen atoms in total. The van der Waals surface area contributed by atoms with Gasteiger partial charge in [-0.25, -0.2) is 0 Å². The van der Waals surface area contributed by atoms with E-state index in [1.807, 2.05) is 0 Å². The molecule has 0 saturated heterocycles. The van der Waals surface area contributed by atoms with Gasteiger partial charge in [-0.05, 0) is 12.8 Å². The molecule has 0 amide bonds. The maximum atomic E-state index is 11.4. The first kappa shape index (κ1) is 25.1. The molecule has 0 spiro atoms. The number of unbranched alkanes of at least 4 members (excludes halogenated alkanes) is 15. The van der Waals surface area contributed by atoms with Crippen molar-refractivity contribution >= 4 is 0 Å². The minimum Gasteiger partial charge on any atom is -0.633 e. The summed E-state index contributed by atoms with van der Waals surface area (Å²) in [7, 11) is 3.48. The first-order valence-corrected chi connectivity index (χ1v) is 10.1. The highest BCUT2D eigenvalue weighted by Gasteiger charge is 2.00. The van der Waals surface area contributed by atoms with Crippen molar-refractivity contribution in [2.24, 2.45) is 0 Å². The summed E-state index contributed by atoms with van der Waals surface area (Å²) in [5.74, 6) is 0. The number of hydroxylamine groups is 3. The largest absolute Gasteiger partial charge is 0.633 e. The van der Waals surface area contributed by atoms with E-state index in [0.29, 0.717) is 0 Å². The van der Waals surface area contributed by atoms with Gasteiger partial charge in [0.15, 0.2) is 0 Å². The van der Waals surface area contributed by atoms with Crippen LogP contribution in [0.25, 0.3) is 0 Å². The lowest BCUT2D eigenvalue weighted by molar-refractivity contribution is -0.840. The predicted molar refractivity (Wildman–Crippen MR) is 104 cm³/mol. The second-order valence-electron chi connectivity index (χ2n) is 7.60. The summed E-state index contributed by atoms with van der Waals surface area (Å²) >= 11 is 0. The van der Waals surface area contributed by atoms with E-state index in [0.717, 1.165) is 13.0 Å². The van der Waals surface area contributed by atoms with Crippen LogP contribution in [0.4, 0.5) is 0 Å². The lowest BCUT2D eigenvalue weighted by atomic mass is 10.0. The number of hydrogen-bond donors (Lipinski definition) is 0. The molecule has 0 aromatic rings. The molecule has 0 saturated carbocycles. The van der Waals surface area contributed by atoms with Crippen LogP contribution in [0.2, 0.25) is 0 Å². The normalized spacial score (nSPS) is 11.5. The van der Waals surface area contributed by atoms with Gasteiger partial charge >= 0.3 is 0 Å². The SMILES string of the molecule is CCCCCCCCCCCCCCCCCC[N+](C)(C)[O-].O. The zero-order chi connectivity index (χ0) is 16.5. The third kappa shape index (κ3) is 24.3. The van der Waals surface area contributed by atoms with E-state index in [9.17, 15) is 5.21 Å². The van der Waals surface area contributed by atoms with Crippen molar-refractivity contribution in [2.75, 3.05) is 20.6 Å². The molecule has 0 unspecified atom stereocenters. The molecule has 0 atom stereocenters. The summed E-state index contributed by atoms with van der Waals surface area (Å²) in [5.41, 5.74) is 0. The molecule has 0 aromatic carbocycles. The summed E-state index contributed by atoms with van der Waals surface area (Å²) in [6, 6.07) is 0. The molecule has 0 bridgehead atoms. The summed E-state index contributed by atoms with van der Waals surface area (Å²) in [6.45, 7) is 3.06. The second-order valence-corrected chi connectivity index (χ2v) is 7.60. The molecule has 0 aromatic heterocycles. The van der Waals surface area contributed by atoms with Gasteiger partial charge in [-0.15, -0.1) is 0 Å². The van der Waals surface area contributed by atoms with E-state index in [2.05, 4.69) is 6.92 Å². The third-order valence-corrected chi connectivity index (χ3v) is 4.55. The van der Waals surface area contributed by atoms with Crippen molar-refractivity contribution in [3.05, 3.63) is 5.21 Å². The molecule has 3 heteroatoms. The van der Waals surface area contributed by atoms with Gasteiger partial charge in [-0.1, -0.05) is 96.8 Å². The average Bonchev–Trinajstić information content (AvgIpc) is 2.45. The first-order valence-electron chi connectivity index (χ1n) is 10.1. The summed E-state index contributed by atoms with van der Waals surface area (Å²) < 4.78 is -0.126. The Morgan fingerprint density at radius 2 is 0.783 bits per heavy atom. The van der Waals surface area contributed by atoms with Gasteiger partial charge in [0.1, 0.15) is 0 Å². The van der Waals surface area contributed by atoms with Gasteiger partial charge in [0.05, 0.1) is 20.6 Å². The fraction of sp³-hybridized carbons (Fsp3) is 1.00. The van der Waals surface area contributed by atoms with Crippen molar-refractivity contribution in [1.82, 2.24) is 0 Å². The van der Waals surface area contributed by atoms with Crippen molar-refractivity contribution < 1.29 is 10.1 Å². The molecule has 142 valence electrons. The Bertz CT molecular complexity index is 214. The molecule has 2 N–H and O–H groups in total. The van der Waals surface area contributed by atoms with E-state index < -0.39 is 0 Å². The molecule has 0 rings (SSSR count). The van der Waals surface area contributed by atoms with Crippen molar-refractivity contribution in [2.45, 2.75) is 110 Å². The minimum absolute atomic E-state index is 0. The van der Waals surface area contributed by atoms with Crippen LogP contribution in [0.5, 0.6) is 0 Å². The maximum Gasteiger partial charge on any atom is 0.0779 e. The minimum atomic E-state index is -0.126. The molecular formula is C20H45NO2. The molecule has 0 aliphatic rings. The van der Waals surface area contributed by atoms with Crippen LogP contribution < -0.4 is 0 Å². The highest BCUT2D eigenvalue weighted by molar-refractivity contribution is 4.50. The fourth-order valence-electron chi connectivity index (χ4n) is 3.04. The van der Waals surface area contributed by atoms with E-state index in [4.69, 9.17) is 0 Å². The van der Waals surface area contributed by atoms with Gasteiger partial charge in [0.25, 0.3) is 0 Å². The predicted octanol–water partition coefficient (Wildman–Crippen LogP) is 6.00. The number of quaternary nitrogens is 1. The zero-order valence-corrected chi connectivity index (χ0v) is 16.4. The van der Waals surface area contributed by atoms with Gasteiger partial charge in [-0.3, -0.25) is 0 Å². The van der Waals surface area contributed by atoms with Crippen LogP contribution in [0.1, 0.15) is 110 Å². The van der Waals surface area contributed by atoms with Crippen LogP contribution in [-0.2, 0) is 0 Å². The number of rotatable bonds is 17. The fourth-order valence-corrected chi connectivity index (χ4v) is 3.04. The Labute approximate surface area is 146 Å². The Hall–Kier alpha value is -0.120. The maximum absolute atomic E-state index is 11.4. The highest BCUT2D eigenvalue weighted by Crippen LogP contribution is 2.13. The Morgan fingerprint density at radius 1 is 0.522 bits per heavy atom. The van der Waals surface area contributed by atoms with E-state index >= 15 is 0 Å². The van der Waals surface area contributed by atoms with Gasteiger partial charge in [0.2, 0.25) is 0 Å². The molecule has 0 heterocycles. The smallest absolute Gasteiger partial charge is 0.0779 e. The highest BCUT2D eigenvalue weighted by atomic mass is 16.5. The number of hydrogen-bond acceptors (Lipinski definition) is 1. The molecular weight excluding hydrogens is 286 g/mol. The van der Waals surface area contributed by atoms with Crippen LogP contribution in [0, 0.1) is 5.21 Å². The quantitative estimate of drug-likeness (QED) is 0.183. The van der Waals surface area contributed by atoms with E-state index in [-0.39, 0.29) is 10.1 Å². The lowest BCUT2D eigenvalue weighted by Gasteiger charge is -2.33. The Morgan fingerprint density at radius 3 is 1.04 bits per heavy atom. The zero-order valence-electron chi connectivity index (χ0n) is 16.4. The first-order chi connectivity index (χ1) is 10.6. The number of nitrogens with zero attached hydrogens (tertiary/aromatic N) is 1. The van der Waals surface area contributed by atoms with Crippen molar-refractivity contribution in [1.29, 1.82) is 0 Å². The standard InChI is InChI=1S/C20H43NO.H2O/c1-4-5-6-7-8-9-10-11-12-13-14-15-16-17-18-19-20-21(2,3)22;/h4-20H2,1-3H3;1H2. The Balaban J connectivity index is 0. The van der Waals surface area contributed by atoms with Gasteiger partial charge in [0, 0.05) is 0 Å². The Kier molecular flexibility index (Phi) is 19.9. The summed E-state index contributed by atoms with van der Waals surface area (Å²) in [5, 5.41) is 11.4. The average molecular weight is 332 g/mol. The van der Waals surface area contributed by atoms with E-state index in [1.165, 1.54) is 96.3 Å². The van der Waals surface area contributed by atoms with Gasteiger partial charge < -0.3 is 15.3 Å². The molecule has 23 heavy (non-hydrogen) atoms. The van der Waals surface area contributed by atoms with Gasteiger partial charge in [-0.2, -0.15) is 0 Å². The monoisotopic (exact) mass is 331 g/mol. The van der Waals surface area contributed by atoms with Crippen molar-refractivity contribution in [3.8, 4) is 0 Å². The van der Waals surface area contributed by atoms with Crippen LogP contribution in [0.15, 0.2) is 0 Å². The molecule has 0 aliphatic carbocycles. The van der Waals surface area contributed by atoms with Crippen LogP contribution >= 0.6 is 0 Å². The topological polar surface area (TPSA) is 54.6 Å². The van der Waals surface area contributed by atoms with Crippen LogP contribution in [0.3, 0.4) is 0 Å². The van der Waals surface area contributed by atoms with E-state index in [1.54, 1.807) is 14.1 Å². The van der Waals surface area contributed by atoms with Crippen molar-refractivity contribution in [3.63, 3.8) is 0 Å². The second kappa shape index (κ2) is 18.2. The summed E-state index contributed by atoms with van der Waals surface area (Å²) in [4.78, 5) is 0. The lowest BCUT2D eigenvalue weighted by Crippen LogP contribution is -2.32. The third-order valence-electron chi connectivity index (χ3n) is 4.55. The van der Waals surface area contributed by atoms with Crippen LogP contribution in [-0.4, -0.2) is 30.8 Å². The molecule has 0 aliphatic heterocycles. The molecule has 0 radical (unpaired) electrons.